The van der Waals surface area contributed by atoms with Crippen molar-refractivity contribution < 1.29 is 22.5 Å². The Labute approximate surface area is 132 Å². The highest BCUT2D eigenvalue weighted by Gasteiger charge is 2.26. The molecule has 1 atom stereocenters. The minimum atomic E-state index is -1.60. The Hall–Kier alpha value is -2.37. The summed E-state index contributed by atoms with van der Waals surface area (Å²) in [5, 5.41) is 2.30. The highest BCUT2D eigenvalue weighted by Crippen LogP contribution is 2.20. The average Bonchev–Trinajstić information content (AvgIpc) is 2.55. The van der Waals surface area contributed by atoms with Crippen molar-refractivity contribution >= 4 is 11.6 Å². The van der Waals surface area contributed by atoms with E-state index >= 15 is 0 Å². The number of nitrogens with zero attached hydrogens (tertiary/aromatic N) is 1. The largest absolute Gasteiger partial charge is 0.318 e. The van der Waals surface area contributed by atoms with E-state index in [1.54, 1.807) is 11.5 Å². The molecule has 6 heteroatoms. The first-order valence-corrected chi connectivity index (χ1v) is 7.30. The summed E-state index contributed by atoms with van der Waals surface area (Å²) in [5.74, 6) is -4.83. The van der Waals surface area contributed by atoms with Gasteiger partial charge in [0.1, 0.15) is 0 Å². The topological polar surface area (TPSA) is 33.0 Å². The number of hydrogen-bond acceptors (Lipinski definition) is 1. The molecule has 2 aromatic rings. The van der Waals surface area contributed by atoms with Gasteiger partial charge in [0.05, 0.1) is 5.69 Å². The van der Waals surface area contributed by atoms with Crippen LogP contribution >= 0.6 is 0 Å². The van der Waals surface area contributed by atoms with Gasteiger partial charge in [-0.1, -0.05) is 6.92 Å². The highest BCUT2D eigenvalue weighted by molar-refractivity contribution is 5.92. The van der Waals surface area contributed by atoms with E-state index in [1.165, 1.54) is 0 Å². The molecule has 0 saturated carbocycles. The number of nitrogens with one attached hydrogen (secondary N) is 1. The van der Waals surface area contributed by atoms with Gasteiger partial charge in [-0.15, -0.1) is 0 Å². The lowest BCUT2D eigenvalue weighted by atomic mass is 10.1. The van der Waals surface area contributed by atoms with Gasteiger partial charge in [-0.05, 0) is 24.6 Å². The molecular weight excluding hydrogens is 305 g/mol. The molecule has 0 radical (unpaired) electrons. The average molecular weight is 323 g/mol. The Morgan fingerprint density at radius 1 is 1.17 bits per heavy atom. The van der Waals surface area contributed by atoms with Crippen LogP contribution in [0.4, 0.5) is 18.9 Å². The molecule has 23 heavy (non-hydrogen) atoms. The molecule has 1 amide bonds. The normalized spacial score (nSPS) is 12.1. The van der Waals surface area contributed by atoms with Crippen molar-refractivity contribution in [2.24, 2.45) is 0 Å². The van der Waals surface area contributed by atoms with Crippen LogP contribution in [0, 0.1) is 24.4 Å². The minimum Gasteiger partial charge on any atom is -0.318 e. The Morgan fingerprint density at radius 2 is 1.87 bits per heavy atom. The van der Waals surface area contributed by atoms with E-state index in [2.05, 4.69) is 5.32 Å². The summed E-state index contributed by atoms with van der Waals surface area (Å²) < 4.78 is 41.6. The fourth-order valence-electron chi connectivity index (χ4n) is 2.25. The summed E-state index contributed by atoms with van der Waals surface area (Å²) in [6.07, 6.45) is 2.66. The number of carbonyl (C=O) groups is 1. The van der Waals surface area contributed by atoms with E-state index in [0.29, 0.717) is 0 Å². The molecule has 0 bridgehead atoms. The van der Waals surface area contributed by atoms with Crippen LogP contribution in [0.1, 0.15) is 31.1 Å². The van der Waals surface area contributed by atoms with Gasteiger partial charge in [0.15, 0.2) is 29.3 Å². The first-order valence-electron chi connectivity index (χ1n) is 7.30. The maximum atomic E-state index is 13.7. The first-order chi connectivity index (χ1) is 10.8. The zero-order chi connectivity index (χ0) is 17.1. The molecule has 0 fully saturated rings. The third kappa shape index (κ3) is 3.52. The summed E-state index contributed by atoms with van der Waals surface area (Å²) in [6.45, 7) is 5.50. The predicted octanol–water partition coefficient (Wildman–Crippen LogP) is 3.46. The fraction of sp³-hybridized carbons (Fsp3) is 0.294. The van der Waals surface area contributed by atoms with Gasteiger partial charge in [0, 0.05) is 25.5 Å². The van der Waals surface area contributed by atoms with Crippen LogP contribution in [0.3, 0.4) is 0 Å². The van der Waals surface area contributed by atoms with Crippen LogP contribution in [-0.4, -0.2) is 5.91 Å². The summed E-state index contributed by atoms with van der Waals surface area (Å²) in [4.78, 5) is 12.3. The van der Waals surface area contributed by atoms with Crippen LogP contribution in [0.2, 0.25) is 0 Å². The van der Waals surface area contributed by atoms with Gasteiger partial charge in [-0.2, -0.15) is 4.57 Å². The van der Waals surface area contributed by atoms with Crippen LogP contribution in [-0.2, 0) is 11.2 Å². The smallest absolute Gasteiger partial charge is 0.293 e. The van der Waals surface area contributed by atoms with E-state index in [4.69, 9.17) is 0 Å². The third-order valence-corrected chi connectivity index (χ3v) is 3.75. The number of hydrogen-bond donors (Lipinski definition) is 1. The van der Waals surface area contributed by atoms with Gasteiger partial charge in [-0.3, -0.25) is 4.79 Å². The maximum absolute atomic E-state index is 13.7. The molecule has 2 rings (SSSR count). The second-order valence-electron chi connectivity index (χ2n) is 5.33. The number of carbonyl (C=O) groups excluding carboxylic acids is 1. The fourth-order valence-corrected chi connectivity index (χ4v) is 2.25. The second kappa shape index (κ2) is 6.81. The van der Waals surface area contributed by atoms with Crippen molar-refractivity contribution in [3.63, 3.8) is 0 Å². The van der Waals surface area contributed by atoms with Gasteiger partial charge in [0.25, 0.3) is 5.91 Å². The minimum absolute atomic E-state index is 0.384. The molecule has 0 spiro atoms. The lowest BCUT2D eigenvalue weighted by Gasteiger charge is -2.12. The number of rotatable bonds is 4. The number of aromatic nitrogens is 1. The van der Waals surface area contributed by atoms with Crippen LogP contribution in [0.15, 0.2) is 30.5 Å². The zero-order valence-electron chi connectivity index (χ0n) is 13.2. The summed E-state index contributed by atoms with van der Waals surface area (Å²) in [6, 6.07) is 4.99. The van der Waals surface area contributed by atoms with Gasteiger partial charge < -0.3 is 5.32 Å². The molecule has 1 N–H and O–H groups in total. The Balaban J connectivity index is 2.26. The first kappa shape index (κ1) is 17.0. The van der Waals surface area contributed by atoms with Crippen molar-refractivity contribution in [1.82, 2.24) is 0 Å². The van der Waals surface area contributed by atoms with Crippen molar-refractivity contribution in [2.45, 2.75) is 33.2 Å². The molecular formula is C17H18F3N2O+. The van der Waals surface area contributed by atoms with Crippen LogP contribution < -0.4 is 9.88 Å². The van der Waals surface area contributed by atoms with Crippen molar-refractivity contribution in [2.75, 3.05) is 5.32 Å². The molecule has 0 aliphatic rings. The van der Waals surface area contributed by atoms with Crippen LogP contribution in [0.25, 0.3) is 0 Å². The van der Waals surface area contributed by atoms with Crippen LogP contribution in [0.5, 0.6) is 0 Å². The molecule has 1 aromatic carbocycles. The summed E-state index contributed by atoms with van der Waals surface area (Å²) in [5.41, 5.74) is 1.52. The molecule has 0 saturated heterocycles. The second-order valence-corrected chi connectivity index (χ2v) is 5.33. The molecule has 0 unspecified atom stereocenters. The monoisotopic (exact) mass is 323 g/mol. The molecule has 122 valence electrons. The summed E-state index contributed by atoms with van der Waals surface area (Å²) >= 11 is 0. The third-order valence-electron chi connectivity index (χ3n) is 3.75. The maximum Gasteiger partial charge on any atom is 0.293 e. The number of aryl methyl sites for hydroxylation is 2. The molecule has 1 heterocycles. The van der Waals surface area contributed by atoms with E-state index < -0.39 is 29.4 Å². The number of benzene rings is 1. The van der Waals surface area contributed by atoms with Crippen molar-refractivity contribution in [3.8, 4) is 0 Å². The zero-order valence-corrected chi connectivity index (χ0v) is 13.2. The highest BCUT2D eigenvalue weighted by atomic mass is 19.2. The number of anilines is 1. The standard InChI is InChI=1S/C17H17F3N2O/c1-4-12-6-5-10(2)22(9-12)11(3)17(23)21-14-8-7-13(18)15(19)16(14)20/h5-9,11H,4H2,1-3H3/p+1/t11-/m1/s1. The molecule has 3 nitrogen and oxygen atoms in total. The van der Waals surface area contributed by atoms with Gasteiger partial charge >= 0.3 is 0 Å². The van der Waals surface area contributed by atoms with E-state index in [0.717, 1.165) is 29.8 Å². The number of pyridine rings is 1. The Morgan fingerprint density at radius 3 is 2.52 bits per heavy atom. The van der Waals surface area contributed by atoms with E-state index in [-0.39, 0.29) is 5.69 Å². The van der Waals surface area contributed by atoms with Crippen molar-refractivity contribution in [1.29, 1.82) is 0 Å². The molecule has 1 aromatic heterocycles. The van der Waals surface area contributed by atoms with Gasteiger partial charge in [0.2, 0.25) is 6.04 Å². The lowest BCUT2D eigenvalue weighted by Crippen LogP contribution is -2.47. The predicted molar refractivity (Wildman–Crippen MR) is 80.4 cm³/mol. The van der Waals surface area contributed by atoms with E-state index in [9.17, 15) is 18.0 Å². The molecule has 0 aliphatic heterocycles. The Kier molecular flexibility index (Phi) is 5.03. The quantitative estimate of drug-likeness (QED) is 0.678. The number of amides is 1. The summed E-state index contributed by atoms with van der Waals surface area (Å²) in [7, 11) is 0. The van der Waals surface area contributed by atoms with Crippen molar-refractivity contribution in [3.05, 3.63) is 59.2 Å². The number of halogens is 3. The lowest BCUT2D eigenvalue weighted by molar-refractivity contribution is -0.711. The SMILES string of the molecule is CCc1ccc(C)[n+]([C@H](C)C(=O)Nc2ccc(F)c(F)c2F)c1. The Bertz CT molecular complexity index is 747. The van der Waals surface area contributed by atoms with Gasteiger partial charge in [-0.25, -0.2) is 13.2 Å². The van der Waals surface area contributed by atoms with E-state index in [1.807, 2.05) is 32.2 Å². The molecule has 0 aliphatic carbocycles.